The van der Waals surface area contributed by atoms with Crippen molar-refractivity contribution < 1.29 is 25.8 Å². The predicted octanol–water partition coefficient (Wildman–Crippen LogP) is 7.07. The molecule has 1 fully saturated rings. The van der Waals surface area contributed by atoms with Crippen LogP contribution in [0.25, 0.3) is 11.1 Å². The van der Waals surface area contributed by atoms with Crippen LogP contribution >= 0.6 is 0 Å². The van der Waals surface area contributed by atoms with Crippen molar-refractivity contribution in [2.24, 2.45) is 5.92 Å². The van der Waals surface area contributed by atoms with E-state index in [9.17, 15) is 21.6 Å². The molecule has 8 heteroatoms. The largest absolute Gasteiger partial charge is 0.534 e. The van der Waals surface area contributed by atoms with E-state index in [4.69, 9.17) is 0 Å². The van der Waals surface area contributed by atoms with Gasteiger partial charge >= 0.3 is 15.6 Å². The van der Waals surface area contributed by atoms with Crippen LogP contribution in [-0.2, 0) is 15.5 Å². The third kappa shape index (κ3) is 6.20. The molecule has 0 amide bonds. The second-order valence-corrected chi connectivity index (χ2v) is 11.5. The van der Waals surface area contributed by atoms with Gasteiger partial charge in [-0.15, -0.1) is 0 Å². The Labute approximate surface area is 207 Å². The van der Waals surface area contributed by atoms with Crippen molar-refractivity contribution in [3.63, 3.8) is 0 Å². The zero-order chi connectivity index (χ0) is 25.9. The topological polar surface area (TPSA) is 46.6 Å². The molecule has 2 aromatic rings. The molecule has 0 N–H and O–H groups in total. The number of rotatable bonds is 9. The highest BCUT2D eigenvalue weighted by atomic mass is 32.2. The van der Waals surface area contributed by atoms with Gasteiger partial charge in [0.1, 0.15) is 0 Å². The van der Waals surface area contributed by atoms with Gasteiger partial charge in [0.15, 0.2) is 5.75 Å². The highest BCUT2D eigenvalue weighted by Gasteiger charge is 2.49. The SMILES string of the molecule is CCCCCCN1CC[C@](C)(c2ccc(C)c(-c3ccccc3OS(=O)(=O)C(F)(F)F)c2)[C@@H](C)C1. The number of nitrogens with zero attached hydrogens (tertiary/aromatic N) is 1. The minimum atomic E-state index is -5.77. The summed E-state index contributed by atoms with van der Waals surface area (Å²) < 4.78 is 66.8. The van der Waals surface area contributed by atoms with Crippen LogP contribution in [0, 0.1) is 12.8 Å². The number of alkyl halides is 3. The Kier molecular flexibility index (Phi) is 8.58. The lowest BCUT2D eigenvalue weighted by Gasteiger charge is -2.45. The fraction of sp³-hybridized carbons (Fsp3) is 0.556. The fourth-order valence-corrected chi connectivity index (χ4v) is 5.38. The standard InChI is InChI=1S/C27H36F3NO3S/c1-5-6-7-10-16-31-17-15-26(4,21(3)19-31)22-14-13-20(2)24(18-22)23-11-8-9-12-25(23)34-35(32,33)27(28,29)30/h8-9,11-14,18,21H,5-7,10,15-17,19H2,1-4H3/t21-,26-/m0/s1. The van der Waals surface area contributed by atoms with E-state index in [0.717, 1.165) is 37.2 Å². The molecule has 0 aliphatic carbocycles. The smallest absolute Gasteiger partial charge is 0.375 e. The Morgan fingerprint density at radius 1 is 1.09 bits per heavy atom. The van der Waals surface area contributed by atoms with Crippen LogP contribution in [0.1, 0.15) is 64.0 Å². The Bertz CT molecular complexity index is 1120. The number of piperidine rings is 1. The molecule has 0 saturated carbocycles. The lowest BCUT2D eigenvalue weighted by Crippen LogP contribution is -2.47. The summed E-state index contributed by atoms with van der Waals surface area (Å²) in [4.78, 5) is 2.53. The van der Waals surface area contributed by atoms with E-state index < -0.39 is 15.6 Å². The van der Waals surface area contributed by atoms with Crippen LogP contribution in [0.5, 0.6) is 5.75 Å². The first kappa shape index (κ1) is 27.5. The van der Waals surface area contributed by atoms with Crippen LogP contribution in [0.3, 0.4) is 0 Å². The van der Waals surface area contributed by atoms with Gasteiger partial charge in [-0.25, -0.2) is 0 Å². The number of benzene rings is 2. The van der Waals surface area contributed by atoms with E-state index in [1.807, 2.05) is 19.1 Å². The van der Waals surface area contributed by atoms with Crippen LogP contribution < -0.4 is 4.18 Å². The molecule has 0 bridgehead atoms. The third-order valence-corrected chi connectivity index (χ3v) is 8.42. The zero-order valence-corrected chi connectivity index (χ0v) is 21.8. The molecule has 1 heterocycles. The number of aryl methyl sites for hydroxylation is 1. The first-order valence-electron chi connectivity index (χ1n) is 12.3. The first-order valence-corrected chi connectivity index (χ1v) is 13.7. The molecular formula is C27H36F3NO3S. The van der Waals surface area contributed by atoms with Crippen LogP contribution in [0.15, 0.2) is 42.5 Å². The lowest BCUT2D eigenvalue weighted by atomic mass is 9.67. The van der Waals surface area contributed by atoms with Crippen molar-refractivity contribution in [3.8, 4) is 16.9 Å². The Morgan fingerprint density at radius 2 is 1.80 bits per heavy atom. The van der Waals surface area contributed by atoms with E-state index in [0.29, 0.717) is 17.0 Å². The molecule has 2 atom stereocenters. The Hall–Kier alpha value is -2.06. The maximum atomic E-state index is 13.0. The minimum Gasteiger partial charge on any atom is -0.375 e. The molecule has 0 aromatic heterocycles. The highest BCUT2D eigenvalue weighted by molar-refractivity contribution is 7.88. The quantitative estimate of drug-likeness (QED) is 0.205. The maximum Gasteiger partial charge on any atom is 0.534 e. The van der Waals surface area contributed by atoms with E-state index in [-0.39, 0.29) is 11.2 Å². The van der Waals surface area contributed by atoms with E-state index in [2.05, 4.69) is 35.9 Å². The second kappa shape index (κ2) is 10.9. The first-order chi connectivity index (χ1) is 16.4. The molecule has 0 spiro atoms. The molecule has 35 heavy (non-hydrogen) atoms. The van der Waals surface area contributed by atoms with E-state index in [1.165, 1.54) is 37.8 Å². The summed E-state index contributed by atoms with van der Waals surface area (Å²) in [6.45, 7) is 11.7. The number of halogens is 3. The second-order valence-electron chi connectivity index (χ2n) is 9.94. The van der Waals surface area contributed by atoms with Crippen molar-refractivity contribution in [2.45, 2.75) is 70.7 Å². The summed E-state index contributed by atoms with van der Waals surface area (Å²) in [7, 11) is -5.77. The van der Waals surface area contributed by atoms with Gasteiger partial charge in [-0.2, -0.15) is 21.6 Å². The van der Waals surface area contributed by atoms with Gasteiger partial charge in [0.05, 0.1) is 0 Å². The number of unbranched alkanes of at least 4 members (excludes halogenated alkanes) is 3. The van der Waals surface area contributed by atoms with Gasteiger partial charge in [0, 0.05) is 12.1 Å². The number of hydrogen-bond acceptors (Lipinski definition) is 4. The van der Waals surface area contributed by atoms with Gasteiger partial charge in [-0.1, -0.05) is 76.4 Å². The average Bonchev–Trinajstić information content (AvgIpc) is 2.79. The number of hydrogen-bond donors (Lipinski definition) is 0. The van der Waals surface area contributed by atoms with Gasteiger partial charge in [-0.05, 0) is 66.9 Å². The molecular weight excluding hydrogens is 475 g/mol. The average molecular weight is 512 g/mol. The number of likely N-dealkylation sites (tertiary alicyclic amines) is 1. The lowest BCUT2D eigenvalue weighted by molar-refractivity contribution is -0.0499. The molecule has 194 valence electrons. The Morgan fingerprint density at radius 3 is 2.46 bits per heavy atom. The zero-order valence-electron chi connectivity index (χ0n) is 21.0. The molecule has 4 nitrogen and oxygen atoms in total. The van der Waals surface area contributed by atoms with Gasteiger partial charge in [0.25, 0.3) is 0 Å². The summed E-state index contributed by atoms with van der Waals surface area (Å²) in [5.74, 6) is 0.0558. The van der Waals surface area contributed by atoms with Crippen molar-refractivity contribution in [1.29, 1.82) is 0 Å². The summed E-state index contributed by atoms with van der Waals surface area (Å²) >= 11 is 0. The number of para-hydroxylation sites is 1. The molecule has 3 rings (SSSR count). The molecule has 0 radical (unpaired) electrons. The monoisotopic (exact) mass is 511 g/mol. The molecule has 0 unspecified atom stereocenters. The molecule has 1 saturated heterocycles. The summed E-state index contributed by atoms with van der Waals surface area (Å²) in [5.41, 5.74) is -2.67. The van der Waals surface area contributed by atoms with Crippen LogP contribution in [-0.4, -0.2) is 38.5 Å². The molecule has 2 aromatic carbocycles. The third-order valence-electron chi connectivity index (χ3n) is 7.45. The minimum absolute atomic E-state index is 0.101. The summed E-state index contributed by atoms with van der Waals surface area (Å²) in [5, 5.41) is 0. The maximum absolute atomic E-state index is 13.0. The van der Waals surface area contributed by atoms with Gasteiger partial charge in [0.2, 0.25) is 0 Å². The van der Waals surface area contributed by atoms with Crippen LogP contribution in [0.2, 0.25) is 0 Å². The molecule has 1 aliphatic rings. The van der Waals surface area contributed by atoms with E-state index in [1.54, 1.807) is 12.1 Å². The highest BCUT2D eigenvalue weighted by Crippen LogP contribution is 2.43. The summed E-state index contributed by atoms with van der Waals surface area (Å²) in [6, 6.07) is 12.0. The molecule has 1 aliphatic heterocycles. The normalized spacial score (nSPS) is 21.7. The predicted molar refractivity (Wildman–Crippen MR) is 134 cm³/mol. The van der Waals surface area contributed by atoms with Crippen molar-refractivity contribution in [2.75, 3.05) is 19.6 Å². The van der Waals surface area contributed by atoms with Gasteiger partial charge in [-0.3, -0.25) is 0 Å². The van der Waals surface area contributed by atoms with Crippen molar-refractivity contribution in [3.05, 3.63) is 53.6 Å². The van der Waals surface area contributed by atoms with Crippen molar-refractivity contribution in [1.82, 2.24) is 4.90 Å². The van der Waals surface area contributed by atoms with E-state index >= 15 is 0 Å². The van der Waals surface area contributed by atoms with Crippen LogP contribution in [0.4, 0.5) is 13.2 Å². The van der Waals surface area contributed by atoms with Gasteiger partial charge < -0.3 is 9.08 Å². The van der Waals surface area contributed by atoms with Crippen molar-refractivity contribution >= 4 is 10.1 Å². The fourth-order valence-electron chi connectivity index (χ4n) is 4.91. The Balaban J connectivity index is 1.88. The summed E-state index contributed by atoms with van der Waals surface area (Å²) in [6.07, 6.45) is 5.93.